The van der Waals surface area contributed by atoms with Crippen molar-refractivity contribution >= 4 is 17.4 Å². The summed E-state index contributed by atoms with van der Waals surface area (Å²) in [4.78, 5) is 23.1. The molecule has 0 bridgehead atoms. The van der Waals surface area contributed by atoms with Crippen LogP contribution in [0, 0.1) is 0 Å². The summed E-state index contributed by atoms with van der Waals surface area (Å²) in [6.45, 7) is 1.65. The van der Waals surface area contributed by atoms with E-state index < -0.39 is 12.2 Å². The van der Waals surface area contributed by atoms with Crippen LogP contribution in [0.1, 0.15) is 15.9 Å². The molecule has 186 valence electrons. The van der Waals surface area contributed by atoms with Gasteiger partial charge in [0, 0.05) is 36.6 Å². The molecule has 1 aliphatic rings. The van der Waals surface area contributed by atoms with E-state index in [1.54, 1.807) is 25.4 Å². The quantitative estimate of drug-likeness (QED) is 0.386. The lowest BCUT2D eigenvalue weighted by Crippen LogP contribution is -2.49. The zero-order chi connectivity index (χ0) is 25.1. The van der Waals surface area contributed by atoms with Gasteiger partial charge in [-0.05, 0) is 42.0 Å². The second-order valence-electron chi connectivity index (χ2n) is 8.49. The Morgan fingerprint density at radius 2 is 1.83 bits per heavy atom. The van der Waals surface area contributed by atoms with Gasteiger partial charge in [0.1, 0.15) is 5.75 Å². The second-order valence-corrected chi connectivity index (χ2v) is 8.49. The molecule has 10 heteroatoms. The number of aromatic nitrogens is 3. The summed E-state index contributed by atoms with van der Waals surface area (Å²) in [7, 11) is 1.64. The third-order valence-corrected chi connectivity index (χ3v) is 6.24. The van der Waals surface area contributed by atoms with Crippen molar-refractivity contribution in [3.05, 3.63) is 78.2 Å². The van der Waals surface area contributed by atoms with Crippen LogP contribution in [0.4, 0.5) is 5.82 Å². The number of nitrogens with zero attached hydrogens (tertiary/aromatic N) is 4. The average molecular weight is 489 g/mol. The molecule has 1 amide bonds. The van der Waals surface area contributed by atoms with Crippen LogP contribution in [0.25, 0.3) is 16.9 Å². The summed E-state index contributed by atoms with van der Waals surface area (Å²) < 4.78 is 18.9. The Hall–Kier alpha value is -3.99. The van der Waals surface area contributed by atoms with Crippen molar-refractivity contribution in [1.82, 2.24) is 14.4 Å². The number of nitrogens with two attached hydrogens (primary N) is 2. The molecule has 4 N–H and O–H groups in total. The number of fused-ring (bicyclic) bond motifs is 1. The summed E-state index contributed by atoms with van der Waals surface area (Å²) >= 11 is 0. The molecule has 10 nitrogen and oxygen atoms in total. The first kappa shape index (κ1) is 23.7. The van der Waals surface area contributed by atoms with E-state index in [4.69, 9.17) is 35.6 Å². The average Bonchev–Trinajstić information content (AvgIpc) is 3.37. The van der Waals surface area contributed by atoms with Crippen molar-refractivity contribution in [3.8, 4) is 17.0 Å². The normalized spacial score (nSPS) is 17.7. The van der Waals surface area contributed by atoms with Crippen molar-refractivity contribution < 1.29 is 19.0 Å². The molecule has 0 spiro atoms. The number of hydrogen-bond donors (Lipinski definition) is 2. The van der Waals surface area contributed by atoms with Crippen molar-refractivity contribution in [3.63, 3.8) is 0 Å². The van der Waals surface area contributed by atoms with Crippen molar-refractivity contribution in [1.29, 1.82) is 0 Å². The van der Waals surface area contributed by atoms with Gasteiger partial charge < -0.3 is 30.6 Å². The molecule has 1 aliphatic heterocycles. The highest BCUT2D eigenvalue weighted by Crippen LogP contribution is 2.29. The summed E-state index contributed by atoms with van der Waals surface area (Å²) in [6.07, 6.45) is 5.06. The van der Waals surface area contributed by atoms with Crippen molar-refractivity contribution in [2.24, 2.45) is 11.5 Å². The minimum absolute atomic E-state index is 0.122. The number of rotatable bonds is 8. The Bertz CT molecular complexity index is 1330. The topological polar surface area (TPSA) is 130 Å². The maximum atomic E-state index is 11.5. The highest BCUT2D eigenvalue weighted by atomic mass is 16.7. The SMILES string of the molecule is COc1ccc(-c2cnc3c(N(Cc4ccc(C(N)=O)cc4)C4COC(CN)OC4)nccn23)cc1. The number of amides is 1. The van der Waals surface area contributed by atoms with Gasteiger partial charge in [-0.15, -0.1) is 0 Å². The van der Waals surface area contributed by atoms with Crippen molar-refractivity contribution in [2.75, 3.05) is 31.8 Å². The molecule has 4 aromatic rings. The summed E-state index contributed by atoms with van der Waals surface area (Å²) in [5.74, 6) is 1.02. The zero-order valence-corrected chi connectivity index (χ0v) is 19.9. The minimum atomic E-state index is -0.463. The molecule has 0 unspecified atom stereocenters. The van der Waals surface area contributed by atoms with Gasteiger partial charge >= 0.3 is 0 Å². The molecule has 2 aromatic heterocycles. The zero-order valence-electron chi connectivity index (χ0n) is 19.9. The van der Waals surface area contributed by atoms with Gasteiger partial charge in [0.25, 0.3) is 0 Å². The summed E-state index contributed by atoms with van der Waals surface area (Å²) in [5, 5.41) is 0. The smallest absolute Gasteiger partial charge is 0.248 e. The third kappa shape index (κ3) is 4.74. The number of hydrogen-bond acceptors (Lipinski definition) is 8. The third-order valence-electron chi connectivity index (χ3n) is 6.24. The second kappa shape index (κ2) is 10.3. The molecule has 36 heavy (non-hydrogen) atoms. The Labute approximate surface area is 208 Å². The highest BCUT2D eigenvalue weighted by molar-refractivity contribution is 5.92. The van der Waals surface area contributed by atoms with Gasteiger partial charge in [-0.25, -0.2) is 9.97 Å². The first-order chi connectivity index (χ1) is 17.6. The maximum Gasteiger partial charge on any atom is 0.248 e. The molecule has 0 aliphatic carbocycles. The molecule has 0 saturated carbocycles. The number of carbonyl (C=O) groups is 1. The number of methoxy groups -OCH3 is 1. The lowest BCUT2D eigenvalue weighted by atomic mass is 10.1. The van der Waals surface area contributed by atoms with E-state index in [9.17, 15) is 4.79 Å². The minimum Gasteiger partial charge on any atom is -0.497 e. The number of anilines is 1. The van der Waals surface area contributed by atoms with Gasteiger partial charge in [0.05, 0.1) is 38.3 Å². The number of ether oxygens (including phenoxy) is 3. The van der Waals surface area contributed by atoms with E-state index in [-0.39, 0.29) is 6.04 Å². The number of primary amides is 1. The maximum absolute atomic E-state index is 11.5. The van der Waals surface area contributed by atoms with Gasteiger partial charge in [0.2, 0.25) is 5.91 Å². The highest BCUT2D eigenvalue weighted by Gasteiger charge is 2.29. The number of benzene rings is 2. The fourth-order valence-corrected chi connectivity index (χ4v) is 4.28. The Kier molecular flexibility index (Phi) is 6.81. The van der Waals surface area contributed by atoms with Gasteiger partial charge in [-0.3, -0.25) is 9.20 Å². The fraction of sp³-hybridized carbons (Fsp3) is 0.269. The van der Waals surface area contributed by atoms with E-state index >= 15 is 0 Å². The van der Waals surface area contributed by atoms with Gasteiger partial charge in [-0.2, -0.15) is 0 Å². The van der Waals surface area contributed by atoms with E-state index in [1.165, 1.54) is 0 Å². The lowest BCUT2D eigenvalue weighted by Gasteiger charge is -2.37. The molecule has 1 saturated heterocycles. The van der Waals surface area contributed by atoms with Crippen LogP contribution in [0.2, 0.25) is 0 Å². The van der Waals surface area contributed by atoms with Crippen LogP contribution in [0.3, 0.4) is 0 Å². The Balaban J connectivity index is 1.52. The molecule has 1 fully saturated rings. The number of imidazole rings is 1. The summed E-state index contributed by atoms with van der Waals surface area (Å²) in [5.41, 5.74) is 15.2. The summed E-state index contributed by atoms with van der Waals surface area (Å²) in [6, 6.07) is 14.9. The fourth-order valence-electron chi connectivity index (χ4n) is 4.28. The predicted octanol–water partition coefficient (Wildman–Crippen LogP) is 2.21. The standard InChI is InChI=1S/C26H28N6O4/c1-34-21-8-6-18(7-9-21)22-13-30-26-25(29-10-11-31(22)26)32(20-15-35-23(12-27)36-16-20)14-17-2-4-19(5-3-17)24(28)33/h2-11,13,20,23H,12,14-16,27H2,1H3,(H2,28,33). The van der Waals surface area contributed by atoms with Crippen LogP contribution in [0.5, 0.6) is 5.75 Å². The largest absolute Gasteiger partial charge is 0.497 e. The Morgan fingerprint density at radius 1 is 1.11 bits per heavy atom. The van der Waals surface area contributed by atoms with Crippen LogP contribution < -0.4 is 21.1 Å². The first-order valence-corrected chi connectivity index (χ1v) is 11.6. The molecule has 5 rings (SSSR count). The van der Waals surface area contributed by atoms with Crippen LogP contribution in [0.15, 0.2) is 67.1 Å². The van der Waals surface area contributed by atoms with Gasteiger partial charge in [-0.1, -0.05) is 12.1 Å². The van der Waals surface area contributed by atoms with E-state index in [2.05, 4.69) is 4.90 Å². The molecule has 0 radical (unpaired) electrons. The molecular weight excluding hydrogens is 460 g/mol. The first-order valence-electron chi connectivity index (χ1n) is 11.6. The molecular formula is C26H28N6O4. The predicted molar refractivity (Wildman–Crippen MR) is 135 cm³/mol. The van der Waals surface area contributed by atoms with E-state index in [1.807, 2.05) is 53.2 Å². The van der Waals surface area contributed by atoms with Crippen LogP contribution in [-0.4, -0.2) is 59.5 Å². The van der Waals surface area contributed by atoms with Crippen molar-refractivity contribution in [2.45, 2.75) is 18.9 Å². The molecule has 3 heterocycles. The lowest BCUT2D eigenvalue weighted by molar-refractivity contribution is -0.179. The number of carbonyl (C=O) groups excluding carboxylic acids is 1. The monoisotopic (exact) mass is 488 g/mol. The molecule has 0 atom stereocenters. The van der Waals surface area contributed by atoms with E-state index in [0.717, 1.165) is 22.6 Å². The molecule has 2 aromatic carbocycles. The van der Waals surface area contributed by atoms with Crippen LogP contribution in [-0.2, 0) is 16.0 Å². The van der Waals surface area contributed by atoms with E-state index in [0.29, 0.717) is 43.3 Å². The Morgan fingerprint density at radius 3 is 2.47 bits per heavy atom. The van der Waals surface area contributed by atoms with Crippen LogP contribution >= 0.6 is 0 Å². The van der Waals surface area contributed by atoms with Gasteiger partial charge in [0.15, 0.2) is 17.8 Å².